The summed E-state index contributed by atoms with van der Waals surface area (Å²) in [5.74, 6) is -2.12. The van der Waals surface area contributed by atoms with Crippen molar-refractivity contribution in [3.8, 4) is 0 Å². The van der Waals surface area contributed by atoms with Crippen LogP contribution in [-0.2, 0) is 4.79 Å². The van der Waals surface area contributed by atoms with E-state index in [1.165, 1.54) is 13.0 Å². The Morgan fingerprint density at radius 2 is 2.00 bits per heavy atom. The molecule has 0 heterocycles. The van der Waals surface area contributed by atoms with Crippen LogP contribution in [-0.4, -0.2) is 17.2 Å². The maximum absolute atomic E-state index is 10.4. The minimum Gasteiger partial charge on any atom is -0.549 e. The minimum absolute atomic E-state index is 0.861. The van der Waals surface area contributed by atoms with Crippen molar-refractivity contribution in [3.05, 3.63) is 11.6 Å². The number of carbonyl (C=O) groups is 1. The SMILES string of the molecule is CC(C)=CC(C(=O)[O-])C(C)O. The van der Waals surface area contributed by atoms with Crippen molar-refractivity contribution in [2.24, 2.45) is 5.92 Å². The van der Waals surface area contributed by atoms with Gasteiger partial charge in [-0.15, -0.1) is 0 Å². The Balaban J connectivity index is 4.36. The highest BCUT2D eigenvalue weighted by molar-refractivity contribution is 5.70. The van der Waals surface area contributed by atoms with Gasteiger partial charge < -0.3 is 15.0 Å². The Bertz CT molecular complexity index is 166. The number of allylic oxidation sites excluding steroid dienone is 1. The molecule has 2 atom stereocenters. The molecule has 0 radical (unpaired) electrons. The zero-order valence-electron chi connectivity index (χ0n) is 7.00. The first kappa shape index (κ1) is 10.2. The maximum atomic E-state index is 10.4. The number of carboxylic acids is 1. The predicted molar refractivity (Wildman–Crippen MR) is 39.6 cm³/mol. The van der Waals surface area contributed by atoms with Gasteiger partial charge in [-0.3, -0.25) is 0 Å². The van der Waals surface area contributed by atoms with Crippen LogP contribution in [0.25, 0.3) is 0 Å². The molecule has 64 valence electrons. The van der Waals surface area contributed by atoms with Gasteiger partial charge in [0, 0.05) is 5.92 Å². The zero-order chi connectivity index (χ0) is 9.02. The summed E-state index contributed by atoms with van der Waals surface area (Å²) in [6, 6.07) is 0. The van der Waals surface area contributed by atoms with Crippen LogP contribution in [0.15, 0.2) is 11.6 Å². The van der Waals surface area contributed by atoms with Gasteiger partial charge in [0.15, 0.2) is 0 Å². The number of rotatable bonds is 3. The van der Waals surface area contributed by atoms with Gasteiger partial charge in [0.1, 0.15) is 0 Å². The minimum atomic E-state index is -1.23. The smallest absolute Gasteiger partial charge is 0.0627 e. The molecule has 3 nitrogen and oxygen atoms in total. The van der Waals surface area contributed by atoms with Crippen molar-refractivity contribution in [1.29, 1.82) is 0 Å². The average molecular weight is 157 g/mol. The van der Waals surface area contributed by atoms with Gasteiger partial charge in [-0.25, -0.2) is 0 Å². The highest BCUT2D eigenvalue weighted by Gasteiger charge is 2.12. The number of carbonyl (C=O) groups excluding carboxylic acids is 1. The number of aliphatic hydroxyl groups is 1. The van der Waals surface area contributed by atoms with Crippen LogP contribution in [0.5, 0.6) is 0 Å². The van der Waals surface area contributed by atoms with E-state index < -0.39 is 18.0 Å². The standard InChI is InChI=1S/C8H14O3/c1-5(2)4-7(6(3)9)8(10)11/h4,6-7,9H,1-3H3,(H,10,11)/p-1. The Kier molecular flexibility index (Phi) is 3.82. The molecule has 0 aromatic heterocycles. The van der Waals surface area contributed by atoms with E-state index in [1.807, 2.05) is 0 Å². The van der Waals surface area contributed by atoms with Gasteiger partial charge >= 0.3 is 0 Å². The summed E-state index contributed by atoms with van der Waals surface area (Å²) in [6.07, 6.45) is 0.592. The predicted octanol–water partition coefficient (Wildman–Crippen LogP) is -0.300. The van der Waals surface area contributed by atoms with Crippen molar-refractivity contribution in [2.75, 3.05) is 0 Å². The van der Waals surface area contributed by atoms with E-state index in [4.69, 9.17) is 5.11 Å². The van der Waals surface area contributed by atoms with Crippen molar-refractivity contribution in [2.45, 2.75) is 26.9 Å². The number of hydrogen-bond acceptors (Lipinski definition) is 3. The van der Waals surface area contributed by atoms with Crippen LogP contribution in [0.3, 0.4) is 0 Å². The Labute approximate surface area is 66.4 Å². The molecule has 0 fully saturated rings. The highest BCUT2D eigenvalue weighted by atomic mass is 16.4. The normalized spacial score (nSPS) is 15.3. The summed E-state index contributed by atoms with van der Waals surface area (Å²) in [5.41, 5.74) is 0.861. The molecule has 0 bridgehead atoms. The molecular weight excluding hydrogens is 144 g/mol. The van der Waals surface area contributed by atoms with Crippen molar-refractivity contribution in [1.82, 2.24) is 0 Å². The summed E-state index contributed by atoms with van der Waals surface area (Å²) < 4.78 is 0. The molecule has 0 aliphatic rings. The summed E-state index contributed by atoms with van der Waals surface area (Å²) in [4.78, 5) is 10.4. The monoisotopic (exact) mass is 157 g/mol. The Morgan fingerprint density at radius 1 is 1.55 bits per heavy atom. The molecule has 0 amide bonds. The molecule has 0 aromatic carbocycles. The molecule has 0 spiro atoms. The van der Waals surface area contributed by atoms with E-state index in [2.05, 4.69) is 0 Å². The summed E-state index contributed by atoms with van der Waals surface area (Å²) in [6.45, 7) is 4.98. The van der Waals surface area contributed by atoms with Crippen LogP contribution in [0.2, 0.25) is 0 Å². The van der Waals surface area contributed by atoms with E-state index in [1.54, 1.807) is 13.8 Å². The Hall–Kier alpha value is -0.830. The second-order valence-electron chi connectivity index (χ2n) is 2.83. The van der Waals surface area contributed by atoms with E-state index >= 15 is 0 Å². The van der Waals surface area contributed by atoms with Crippen LogP contribution in [0.1, 0.15) is 20.8 Å². The molecular formula is C8H13O3-. The van der Waals surface area contributed by atoms with Crippen molar-refractivity contribution in [3.63, 3.8) is 0 Å². The third kappa shape index (κ3) is 3.78. The van der Waals surface area contributed by atoms with E-state index in [0.717, 1.165) is 5.57 Å². The largest absolute Gasteiger partial charge is 0.549 e. The summed E-state index contributed by atoms with van der Waals surface area (Å²) in [5, 5.41) is 19.3. The van der Waals surface area contributed by atoms with Crippen molar-refractivity contribution < 1.29 is 15.0 Å². The maximum Gasteiger partial charge on any atom is 0.0627 e. The lowest BCUT2D eigenvalue weighted by Gasteiger charge is -2.17. The average Bonchev–Trinajstić information content (AvgIpc) is 1.81. The molecule has 3 heteroatoms. The molecule has 0 aliphatic carbocycles. The lowest BCUT2D eigenvalue weighted by molar-refractivity contribution is -0.311. The van der Waals surface area contributed by atoms with Gasteiger partial charge in [-0.2, -0.15) is 0 Å². The van der Waals surface area contributed by atoms with Crippen LogP contribution >= 0.6 is 0 Å². The van der Waals surface area contributed by atoms with E-state index in [9.17, 15) is 9.90 Å². The lowest BCUT2D eigenvalue weighted by atomic mass is 10.0. The highest BCUT2D eigenvalue weighted by Crippen LogP contribution is 2.07. The van der Waals surface area contributed by atoms with E-state index in [-0.39, 0.29) is 0 Å². The fourth-order valence-corrected chi connectivity index (χ4v) is 0.763. The van der Waals surface area contributed by atoms with Gasteiger partial charge in [-0.05, 0) is 20.8 Å². The molecule has 2 unspecified atom stereocenters. The molecule has 11 heavy (non-hydrogen) atoms. The first-order chi connectivity index (χ1) is 4.95. The zero-order valence-corrected chi connectivity index (χ0v) is 7.00. The van der Waals surface area contributed by atoms with Crippen LogP contribution in [0, 0.1) is 5.92 Å². The molecule has 0 saturated carbocycles. The first-order valence-electron chi connectivity index (χ1n) is 3.49. The quantitative estimate of drug-likeness (QED) is 0.572. The lowest BCUT2D eigenvalue weighted by Crippen LogP contribution is -2.36. The summed E-state index contributed by atoms with van der Waals surface area (Å²) >= 11 is 0. The molecule has 0 aromatic rings. The number of hydrogen-bond donors (Lipinski definition) is 1. The molecule has 0 saturated heterocycles. The number of aliphatic carboxylic acids is 1. The molecule has 0 aliphatic heterocycles. The summed E-state index contributed by atoms with van der Waals surface area (Å²) in [7, 11) is 0. The second kappa shape index (κ2) is 4.13. The number of aliphatic hydroxyl groups excluding tert-OH is 1. The molecule has 0 rings (SSSR count). The van der Waals surface area contributed by atoms with Crippen LogP contribution in [0.4, 0.5) is 0 Å². The Morgan fingerprint density at radius 3 is 2.09 bits per heavy atom. The van der Waals surface area contributed by atoms with Gasteiger partial charge in [0.05, 0.1) is 12.1 Å². The second-order valence-corrected chi connectivity index (χ2v) is 2.83. The van der Waals surface area contributed by atoms with Gasteiger partial charge in [0.2, 0.25) is 0 Å². The van der Waals surface area contributed by atoms with Crippen molar-refractivity contribution >= 4 is 5.97 Å². The first-order valence-corrected chi connectivity index (χ1v) is 3.49. The van der Waals surface area contributed by atoms with E-state index in [0.29, 0.717) is 0 Å². The van der Waals surface area contributed by atoms with Gasteiger partial charge in [0.25, 0.3) is 0 Å². The fourth-order valence-electron chi connectivity index (χ4n) is 0.763. The number of carboxylic acid groups (broad SMARTS) is 1. The molecule has 1 N–H and O–H groups in total. The van der Waals surface area contributed by atoms with Gasteiger partial charge in [-0.1, -0.05) is 11.6 Å². The third-order valence-corrected chi connectivity index (χ3v) is 1.30. The topological polar surface area (TPSA) is 60.4 Å². The fraction of sp³-hybridized carbons (Fsp3) is 0.625. The third-order valence-electron chi connectivity index (χ3n) is 1.30. The van der Waals surface area contributed by atoms with Crippen LogP contribution < -0.4 is 5.11 Å².